The van der Waals surface area contributed by atoms with E-state index in [2.05, 4.69) is 38.3 Å². The first-order valence-corrected chi connectivity index (χ1v) is 7.63. The molecule has 100 valence electrons. The van der Waals surface area contributed by atoms with Crippen LogP contribution in [0.5, 0.6) is 0 Å². The molecule has 0 N–H and O–H groups in total. The molecule has 0 saturated carbocycles. The van der Waals surface area contributed by atoms with E-state index in [-0.39, 0.29) is 0 Å². The van der Waals surface area contributed by atoms with Crippen molar-refractivity contribution in [1.82, 2.24) is 4.90 Å². The van der Waals surface area contributed by atoms with E-state index in [9.17, 15) is 5.26 Å². The topological polar surface area (TPSA) is 27.0 Å². The van der Waals surface area contributed by atoms with E-state index in [1.165, 1.54) is 0 Å². The van der Waals surface area contributed by atoms with Crippen LogP contribution in [-0.4, -0.2) is 18.0 Å². The second-order valence-corrected chi connectivity index (χ2v) is 5.62. The number of hydrogen-bond acceptors (Lipinski definition) is 3. The number of nitriles is 1. The van der Waals surface area contributed by atoms with Crippen molar-refractivity contribution in [1.29, 1.82) is 5.26 Å². The Balaban J connectivity index is 2.98. The molecule has 2 nitrogen and oxygen atoms in total. The predicted octanol–water partition coefficient (Wildman–Crippen LogP) is 4.48. The van der Waals surface area contributed by atoms with Gasteiger partial charge in [0.05, 0.1) is 0 Å². The first-order valence-electron chi connectivity index (χ1n) is 6.82. The van der Waals surface area contributed by atoms with Gasteiger partial charge in [0.2, 0.25) is 0 Å². The molecule has 0 aromatic carbocycles. The molecular weight excluding hydrogens is 240 g/mol. The third kappa shape index (κ3) is 3.26. The van der Waals surface area contributed by atoms with Crippen LogP contribution in [0.1, 0.15) is 46.5 Å². The van der Waals surface area contributed by atoms with Crippen LogP contribution in [0.3, 0.4) is 0 Å². The van der Waals surface area contributed by atoms with Crippen LogP contribution >= 0.6 is 11.8 Å². The minimum absolute atomic E-state index is 0.869. The van der Waals surface area contributed by atoms with E-state index in [4.69, 9.17) is 0 Å². The van der Waals surface area contributed by atoms with Crippen LogP contribution in [0.15, 0.2) is 22.1 Å². The lowest BCUT2D eigenvalue weighted by Gasteiger charge is -2.28. The highest BCUT2D eigenvalue weighted by Gasteiger charge is 2.23. The van der Waals surface area contributed by atoms with Gasteiger partial charge in [0, 0.05) is 18.1 Å². The summed E-state index contributed by atoms with van der Waals surface area (Å²) in [5, 5.41) is 10.6. The second-order valence-electron chi connectivity index (χ2n) is 4.53. The molecule has 1 aliphatic heterocycles. The molecule has 0 amide bonds. The van der Waals surface area contributed by atoms with Crippen molar-refractivity contribution < 1.29 is 0 Å². The first-order chi connectivity index (χ1) is 8.69. The van der Waals surface area contributed by atoms with Gasteiger partial charge in [-0.25, -0.2) is 0 Å². The highest BCUT2D eigenvalue weighted by Crippen LogP contribution is 2.48. The summed E-state index contributed by atoms with van der Waals surface area (Å²) < 4.78 is 0. The van der Waals surface area contributed by atoms with Gasteiger partial charge in [-0.1, -0.05) is 38.5 Å². The molecule has 0 aliphatic carbocycles. The number of nitrogens with zero attached hydrogens (tertiary/aromatic N) is 2. The summed E-state index contributed by atoms with van der Waals surface area (Å²) in [7, 11) is 0. The maximum atomic E-state index is 9.43. The molecule has 18 heavy (non-hydrogen) atoms. The zero-order valence-corrected chi connectivity index (χ0v) is 12.6. The molecule has 0 bridgehead atoms. The molecule has 3 heteroatoms. The number of allylic oxidation sites excluding steroid dienone is 2. The number of hydrogen-bond donors (Lipinski definition) is 0. The molecule has 0 aromatic heterocycles. The van der Waals surface area contributed by atoms with Crippen LogP contribution in [0.4, 0.5) is 0 Å². The van der Waals surface area contributed by atoms with Gasteiger partial charge in [0.25, 0.3) is 0 Å². The fourth-order valence-electron chi connectivity index (χ4n) is 2.20. The molecular formula is C15H23N2S-. The molecule has 0 unspecified atom stereocenters. The van der Waals surface area contributed by atoms with Crippen LogP contribution in [0.2, 0.25) is 0 Å². The minimum atomic E-state index is 0.869. The van der Waals surface area contributed by atoms with E-state index < -0.39 is 0 Å². The van der Waals surface area contributed by atoms with Crippen molar-refractivity contribution >= 4 is 11.8 Å². The summed E-state index contributed by atoms with van der Waals surface area (Å²) in [4.78, 5) is 3.41. The summed E-state index contributed by atoms with van der Waals surface area (Å²) in [5.41, 5.74) is 0.869. The van der Waals surface area contributed by atoms with Crippen molar-refractivity contribution in [2.45, 2.75) is 46.5 Å². The van der Waals surface area contributed by atoms with E-state index in [0.29, 0.717) is 0 Å². The Hall–Kier alpha value is -1.01. The monoisotopic (exact) mass is 263 g/mol. The normalized spacial score (nSPS) is 15.2. The summed E-state index contributed by atoms with van der Waals surface area (Å²) in [6.07, 6.45) is 4.25. The molecule has 0 fully saturated rings. The van der Waals surface area contributed by atoms with Gasteiger partial charge < -0.3 is 4.90 Å². The van der Waals surface area contributed by atoms with Crippen LogP contribution in [0.25, 0.3) is 0 Å². The quantitative estimate of drug-likeness (QED) is 0.634. The molecule has 0 radical (unpaired) electrons. The van der Waals surface area contributed by atoms with Gasteiger partial charge >= 0.3 is 0 Å². The van der Waals surface area contributed by atoms with Crippen molar-refractivity contribution in [3.8, 4) is 6.07 Å². The Kier molecular flexibility index (Phi) is 6.21. The van der Waals surface area contributed by atoms with E-state index in [1.807, 2.05) is 0 Å². The molecule has 1 heterocycles. The Bertz CT molecular complexity index is 359. The van der Waals surface area contributed by atoms with Crippen molar-refractivity contribution in [3.05, 3.63) is 28.0 Å². The fourth-order valence-corrected chi connectivity index (χ4v) is 3.35. The lowest BCUT2D eigenvalue weighted by molar-refractivity contribution is 0.366. The van der Waals surface area contributed by atoms with Gasteiger partial charge in [-0.2, -0.15) is 6.58 Å². The predicted molar refractivity (Wildman–Crippen MR) is 79.7 cm³/mol. The first kappa shape index (κ1) is 15.0. The summed E-state index contributed by atoms with van der Waals surface area (Å²) >= 11 is 1.69. The van der Waals surface area contributed by atoms with E-state index in [1.54, 1.807) is 11.8 Å². The van der Waals surface area contributed by atoms with Gasteiger partial charge in [-0.05, 0) is 24.5 Å². The molecule has 0 spiro atoms. The lowest BCUT2D eigenvalue weighted by Crippen LogP contribution is -2.23. The number of thioether (sulfide) groups is 1. The smallest absolute Gasteiger partial charge is 0.00903 e. The maximum Gasteiger partial charge on any atom is 0.00903 e. The third-order valence-corrected chi connectivity index (χ3v) is 4.11. The van der Waals surface area contributed by atoms with Gasteiger partial charge in [-0.15, -0.1) is 17.7 Å². The number of rotatable bonds is 7. The van der Waals surface area contributed by atoms with E-state index >= 15 is 0 Å². The summed E-state index contributed by atoms with van der Waals surface area (Å²) in [5.74, 6) is 1.16. The Morgan fingerprint density at radius 3 is 2.28 bits per heavy atom. The zero-order chi connectivity index (χ0) is 13.5. The Morgan fingerprint density at radius 1 is 1.22 bits per heavy atom. The lowest BCUT2D eigenvalue weighted by atomic mass is 9.96. The zero-order valence-electron chi connectivity index (χ0n) is 11.8. The third-order valence-electron chi connectivity index (χ3n) is 2.96. The fraction of sp³-hybridized carbons (Fsp3) is 0.600. The van der Waals surface area contributed by atoms with E-state index in [0.717, 1.165) is 60.2 Å². The highest BCUT2D eigenvalue weighted by atomic mass is 32.2. The van der Waals surface area contributed by atoms with Gasteiger partial charge in [0.15, 0.2) is 0 Å². The van der Waals surface area contributed by atoms with Crippen LogP contribution in [-0.2, 0) is 0 Å². The average Bonchev–Trinajstić information content (AvgIpc) is 2.66. The maximum absolute atomic E-state index is 9.43. The van der Waals surface area contributed by atoms with Crippen molar-refractivity contribution in [3.63, 3.8) is 0 Å². The molecule has 0 aromatic rings. The second kappa shape index (κ2) is 7.43. The highest BCUT2D eigenvalue weighted by molar-refractivity contribution is 8.07. The van der Waals surface area contributed by atoms with Crippen molar-refractivity contribution in [2.75, 3.05) is 13.1 Å². The van der Waals surface area contributed by atoms with Crippen molar-refractivity contribution in [2.24, 2.45) is 0 Å². The molecule has 1 rings (SSSR count). The Labute approximate surface area is 116 Å². The summed E-state index contributed by atoms with van der Waals surface area (Å²) in [6.45, 7) is 12.7. The summed E-state index contributed by atoms with van der Waals surface area (Å²) in [6, 6.07) is 2.40. The standard InChI is InChI=1S/C15H23N2S/c1-5-8-13-12(4)18-15(14(13)11-16)17(9-6-2)10-7-3/h4-10H2,1-3H3/q-1. The molecule has 0 saturated heterocycles. The minimum Gasteiger partial charge on any atom is -0.404 e. The van der Waals surface area contributed by atoms with Crippen LogP contribution in [0, 0.1) is 17.2 Å². The SMILES string of the molecule is C=C1SC(N(CCC)CCC)=C(C#N)[C-]1CCC. The average molecular weight is 263 g/mol. The largest absolute Gasteiger partial charge is 0.404 e. The molecule has 1 aliphatic rings. The Morgan fingerprint density at radius 2 is 1.83 bits per heavy atom. The molecule has 0 atom stereocenters. The van der Waals surface area contributed by atoms with Gasteiger partial charge in [-0.3, -0.25) is 5.26 Å². The van der Waals surface area contributed by atoms with Gasteiger partial charge in [0.1, 0.15) is 0 Å². The van der Waals surface area contributed by atoms with Crippen LogP contribution < -0.4 is 0 Å².